The number of rotatable bonds is 7. The topological polar surface area (TPSA) is 71.3 Å². The molecule has 1 heterocycles. The van der Waals surface area contributed by atoms with Crippen molar-refractivity contribution in [1.29, 1.82) is 0 Å². The number of amides is 1. The maximum atomic E-state index is 12.3. The van der Waals surface area contributed by atoms with E-state index in [0.29, 0.717) is 18.7 Å². The fourth-order valence-electron chi connectivity index (χ4n) is 2.38. The Kier molecular flexibility index (Phi) is 5.98. The van der Waals surface area contributed by atoms with E-state index in [9.17, 15) is 14.7 Å². The van der Waals surface area contributed by atoms with Gasteiger partial charge >= 0.3 is 5.97 Å². The molecule has 23 heavy (non-hydrogen) atoms. The first-order valence-electron chi connectivity index (χ1n) is 7.41. The van der Waals surface area contributed by atoms with Gasteiger partial charge < -0.3 is 15.0 Å². The maximum Gasteiger partial charge on any atom is 0.308 e. The van der Waals surface area contributed by atoms with E-state index in [4.69, 9.17) is 0 Å². The molecule has 0 saturated carbocycles. The second-order valence-electron chi connectivity index (χ2n) is 5.26. The lowest BCUT2D eigenvalue weighted by Gasteiger charge is -2.14. The number of carboxylic acids is 1. The SMILES string of the molecule is CCn1cc(Br)cc1C(=O)NCC(Cc1ccccc1)C(=O)O. The predicted octanol–water partition coefficient (Wildman–Crippen LogP) is 2.94. The smallest absolute Gasteiger partial charge is 0.308 e. The van der Waals surface area contributed by atoms with Gasteiger partial charge in [-0.05, 0) is 40.9 Å². The van der Waals surface area contributed by atoms with Gasteiger partial charge in [0, 0.05) is 23.8 Å². The highest BCUT2D eigenvalue weighted by Crippen LogP contribution is 2.15. The molecule has 5 nitrogen and oxygen atoms in total. The van der Waals surface area contributed by atoms with E-state index in [-0.39, 0.29) is 12.5 Å². The molecule has 1 aromatic carbocycles. The number of halogens is 1. The van der Waals surface area contributed by atoms with Gasteiger partial charge in [0.05, 0.1) is 5.92 Å². The average molecular weight is 379 g/mol. The van der Waals surface area contributed by atoms with E-state index >= 15 is 0 Å². The zero-order chi connectivity index (χ0) is 16.8. The zero-order valence-corrected chi connectivity index (χ0v) is 14.4. The second kappa shape index (κ2) is 7.97. The van der Waals surface area contributed by atoms with E-state index in [2.05, 4.69) is 21.2 Å². The van der Waals surface area contributed by atoms with E-state index < -0.39 is 11.9 Å². The standard InChI is InChI=1S/C17H19BrN2O3/c1-2-20-11-14(18)9-15(20)16(21)19-10-13(17(22)23)8-12-6-4-3-5-7-12/h3-7,9,11,13H,2,8,10H2,1H3,(H,19,21)(H,22,23). The first kappa shape index (κ1) is 17.3. The molecule has 0 aliphatic heterocycles. The summed E-state index contributed by atoms with van der Waals surface area (Å²) in [6.45, 7) is 2.70. The molecule has 2 aromatic rings. The van der Waals surface area contributed by atoms with E-state index in [1.807, 2.05) is 48.0 Å². The van der Waals surface area contributed by atoms with Gasteiger partial charge in [-0.1, -0.05) is 30.3 Å². The molecule has 6 heteroatoms. The van der Waals surface area contributed by atoms with Crippen LogP contribution in [-0.4, -0.2) is 28.1 Å². The minimum atomic E-state index is -0.916. The van der Waals surface area contributed by atoms with Crippen molar-refractivity contribution in [2.45, 2.75) is 19.9 Å². The average Bonchev–Trinajstić information content (AvgIpc) is 2.93. The van der Waals surface area contributed by atoms with Crippen LogP contribution < -0.4 is 5.32 Å². The van der Waals surface area contributed by atoms with Gasteiger partial charge in [0.2, 0.25) is 0 Å². The van der Waals surface area contributed by atoms with Crippen LogP contribution in [0.5, 0.6) is 0 Å². The molecular weight excluding hydrogens is 360 g/mol. The summed E-state index contributed by atoms with van der Waals surface area (Å²) in [5, 5.41) is 12.1. The Morgan fingerprint density at radius 2 is 2.00 bits per heavy atom. The summed E-state index contributed by atoms with van der Waals surface area (Å²) in [5.41, 5.74) is 1.46. The molecule has 1 atom stereocenters. The van der Waals surface area contributed by atoms with Crippen LogP contribution in [0.1, 0.15) is 23.0 Å². The van der Waals surface area contributed by atoms with Crippen LogP contribution in [0.4, 0.5) is 0 Å². The summed E-state index contributed by atoms with van der Waals surface area (Å²) in [4.78, 5) is 23.7. The van der Waals surface area contributed by atoms with Crippen LogP contribution in [0.25, 0.3) is 0 Å². The summed E-state index contributed by atoms with van der Waals surface area (Å²) in [7, 11) is 0. The Balaban J connectivity index is 2.01. The van der Waals surface area contributed by atoms with Gasteiger partial charge in [-0.3, -0.25) is 9.59 Å². The fraction of sp³-hybridized carbons (Fsp3) is 0.294. The van der Waals surface area contributed by atoms with Crippen molar-refractivity contribution in [2.75, 3.05) is 6.54 Å². The number of aromatic nitrogens is 1. The molecule has 2 rings (SSSR count). The summed E-state index contributed by atoms with van der Waals surface area (Å²) in [6, 6.07) is 11.1. The predicted molar refractivity (Wildman–Crippen MR) is 91.4 cm³/mol. The molecule has 0 saturated heterocycles. The number of hydrogen-bond donors (Lipinski definition) is 2. The Morgan fingerprint density at radius 1 is 1.30 bits per heavy atom. The van der Waals surface area contributed by atoms with E-state index in [1.54, 1.807) is 6.07 Å². The van der Waals surface area contributed by atoms with Gasteiger partial charge in [0.1, 0.15) is 5.69 Å². The van der Waals surface area contributed by atoms with Gasteiger partial charge in [0.15, 0.2) is 0 Å². The minimum Gasteiger partial charge on any atom is -0.481 e. The minimum absolute atomic E-state index is 0.0928. The first-order chi connectivity index (χ1) is 11.0. The molecule has 1 unspecified atom stereocenters. The van der Waals surface area contributed by atoms with Gasteiger partial charge in [-0.15, -0.1) is 0 Å². The van der Waals surface area contributed by atoms with Crippen molar-refractivity contribution >= 4 is 27.8 Å². The van der Waals surface area contributed by atoms with Gasteiger partial charge in [-0.2, -0.15) is 0 Å². The molecule has 2 N–H and O–H groups in total. The summed E-state index contributed by atoms with van der Waals surface area (Å²) < 4.78 is 2.63. The largest absolute Gasteiger partial charge is 0.481 e. The highest BCUT2D eigenvalue weighted by atomic mass is 79.9. The van der Waals surface area contributed by atoms with Crippen molar-refractivity contribution in [3.8, 4) is 0 Å². The third kappa shape index (κ3) is 4.69. The van der Waals surface area contributed by atoms with Crippen LogP contribution in [0.15, 0.2) is 47.1 Å². The maximum absolute atomic E-state index is 12.3. The first-order valence-corrected chi connectivity index (χ1v) is 8.21. The number of carboxylic acid groups (broad SMARTS) is 1. The number of aliphatic carboxylic acids is 1. The number of nitrogens with one attached hydrogen (secondary N) is 1. The molecule has 0 spiro atoms. The molecule has 0 aliphatic carbocycles. The molecule has 122 valence electrons. The highest BCUT2D eigenvalue weighted by molar-refractivity contribution is 9.10. The Labute approximate surface area is 143 Å². The molecule has 0 aliphatic rings. The van der Waals surface area contributed by atoms with Crippen molar-refractivity contribution in [3.63, 3.8) is 0 Å². The lowest BCUT2D eigenvalue weighted by molar-refractivity contribution is -0.141. The van der Waals surface area contributed by atoms with Crippen molar-refractivity contribution < 1.29 is 14.7 Å². The van der Waals surface area contributed by atoms with Crippen molar-refractivity contribution in [3.05, 3.63) is 58.3 Å². The third-order valence-electron chi connectivity index (χ3n) is 3.62. The number of nitrogens with zero attached hydrogens (tertiary/aromatic N) is 1. The van der Waals surface area contributed by atoms with Crippen molar-refractivity contribution in [1.82, 2.24) is 9.88 Å². The van der Waals surface area contributed by atoms with Crippen LogP contribution in [0, 0.1) is 5.92 Å². The number of carbonyl (C=O) groups excluding carboxylic acids is 1. The van der Waals surface area contributed by atoms with Crippen LogP contribution in [0.3, 0.4) is 0 Å². The fourth-order valence-corrected chi connectivity index (χ4v) is 2.84. The second-order valence-corrected chi connectivity index (χ2v) is 6.18. The summed E-state index contributed by atoms with van der Waals surface area (Å²) in [6.07, 6.45) is 2.21. The molecule has 0 bridgehead atoms. The third-order valence-corrected chi connectivity index (χ3v) is 4.05. The molecule has 0 fully saturated rings. The number of carbonyl (C=O) groups is 2. The van der Waals surface area contributed by atoms with Crippen LogP contribution in [-0.2, 0) is 17.8 Å². The molecule has 1 amide bonds. The highest BCUT2D eigenvalue weighted by Gasteiger charge is 2.20. The Hall–Kier alpha value is -2.08. The quantitative estimate of drug-likeness (QED) is 0.777. The molecule has 0 radical (unpaired) electrons. The van der Waals surface area contributed by atoms with Gasteiger partial charge in [-0.25, -0.2) is 0 Å². The van der Waals surface area contributed by atoms with E-state index in [1.165, 1.54) is 0 Å². The number of aryl methyl sites for hydroxylation is 1. The number of benzene rings is 1. The van der Waals surface area contributed by atoms with Crippen molar-refractivity contribution in [2.24, 2.45) is 5.92 Å². The summed E-state index contributed by atoms with van der Waals surface area (Å²) >= 11 is 3.34. The monoisotopic (exact) mass is 378 g/mol. The molecule has 1 aromatic heterocycles. The lowest BCUT2D eigenvalue weighted by Crippen LogP contribution is -2.35. The Morgan fingerprint density at radius 3 is 2.61 bits per heavy atom. The van der Waals surface area contributed by atoms with E-state index in [0.717, 1.165) is 10.0 Å². The Bertz CT molecular complexity index is 682. The zero-order valence-electron chi connectivity index (χ0n) is 12.8. The van der Waals surface area contributed by atoms with Gasteiger partial charge in [0.25, 0.3) is 5.91 Å². The normalized spacial score (nSPS) is 11.9. The van der Waals surface area contributed by atoms with Crippen LogP contribution >= 0.6 is 15.9 Å². The lowest BCUT2D eigenvalue weighted by atomic mass is 9.99. The molecular formula is C17H19BrN2O3. The van der Waals surface area contributed by atoms with Crippen LogP contribution in [0.2, 0.25) is 0 Å². The number of hydrogen-bond acceptors (Lipinski definition) is 2. The summed E-state index contributed by atoms with van der Waals surface area (Å²) in [5.74, 6) is -1.84.